The summed E-state index contributed by atoms with van der Waals surface area (Å²) in [5.41, 5.74) is 0. The van der Waals surface area contributed by atoms with Gasteiger partial charge in [0.15, 0.2) is 6.10 Å². The number of ether oxygens (including phenoxy) is 2. The quantitative estimate of drug-likeness (QED) is 0.0296. The summed E-state index contributed by atoms with van der Waals surface area (Å²) in [7, 11) is -4.78. The van der Waals surface area contributed by atoms with Gasteiger partial charge in [-0.05, 0) is 77.0 Å². The van der Waals surface area contributed by atoms with Gasteiger partial charge in [0.2, 0.25) is 0 Å². The van der Waals surface area contributed by atoms with Gasteiger partial charge in [0.05, 0.1) is 6.61 Å². The van der Waals surface area contributed by atoms with Gasteiger partial charge in [-0.15, -0.1) is 0 Å². The number of phosphoric acid groups is 1. The minimum absolute atomic E-state index is 0.133. The smallest absolute Gasteiger partial charge is 0.462 e. The van der Waals surface area contributed by atoms with Crippen LogP contribution in [0.1, 0.15) is 136 Å². The number of phosphoric ester groups is 1. The highest BCUT2D eigenvalue weighted by Crippen LogP contribution is 2.35. The molecule has 0 heterocycles. The van der Waals surface area contributed by atoms with Crippen molar-refractivity contribution in [3.05, 3.63) is 97.2 Å². The van der Waals surface area contributed by atoms with Crippen molar-refractivity contribution in [3.63, 3.8) is 0 Å². The Morgan fingerprint density at radius 3 is 1.49 bits per heavy atom. The van der Waals surface area contributed by atoms with E-state index >= 15 is 0 Å². The molecule has 0 fully saturated rings. The molecule has 8 nitrogen and oxygen atoms in total. The molecular weight excluding hydrogens is 663 g/mol. The minimum atomic E-state index is -4.78. The van der Waals surface area contributed by atoms with E-state index in [4.69, 9.17) is 19.3 Å². The maximum Gasteiger partial charge on any atom is 0.469 e. The number of esters is 2. The first-order valence-corrected chi connectivity index (χ1v) is 20.6. The Morgan fingerprint density at radius 1 is 0.529 bits per heavy atom. The van der Waals surface area contributed by atoms with Crippen molar-refractivity contribution in [2.24, 2.45) is 0 Å². The molecule has 0 radical (unpaired) electrons. The number of carbonyl (C=O) groups is 2. The van der Waals surface area contributed by atoms with Crippen LogP contribution in [-0.2, 0) is 28.2 Å². The van der Waals surface area contributed by atoms with Gasteiger partial charge in [0.1, 0.15) is 6.61 Å². The zero-order valence-corrected chi connectivity index (χ0v) is 32.3. The van der Waals surface area contributed by atoms with Gasteiger partial charge in [-0.3, -0.25) is 14.1 Å². The zero-order valence-electron chi connectivity index (χ0n) is 31.5. The van der Waals surface area contributed by atoms with Crippen LogP contribution < -0.4 is 0 Å². The topological polar surface area (TPSA) is 119 Å². The molecule has 0 aromatic heterocycles. The van der Waals surface area contributed by atoms with E-state index < -0.39 is 32.5 Å². The molecule has 9 heteroatoms. The second-order valence-corrected chi connectivity index (χ2v) is 13.4. The first-order chi connectivity index (χ1) is 24.8. The third-order valence-corrected chi connectivity index (χ3v) is 7.84. The highest BCUT2D eigenvalue weighted by Gasteiger charge is 2.22. The lowest BCUT2D eigenvalue weighted by atomic mass is 10.1. The molecule has 0 spiro atoms. The fraction of sp³-hybridized carbons (Fsp3) is 0.571. The lowest BCUT2D eigenvalue weighted by Gasteiger charge is -2.18. The van der Waals surface area contributed by atoms with Crippen molar-refractivity contribution in [3.8, 4) is 0 Å². The summed E-state index contributed by atoms with van der Waals surface area (Å²) in [6.07, 6.45) is 49.9. The third kappa shape index (κ3) is 39.6. The fourth-order valence-electron chi connectivity index (χ4n) is 4.53. The lowest BCUT2D eigenvalue weighted by Crippen LogP contribution is -2.29. The lowest BCUT2D eigenvalue weighted by molar-refractivity contribution is -0.161. The monoisotopic (exact) mass is 730 g/mol. The van der Waals surface area contributed by atoms with Crippen molar-refractivity contribution in [2.45, 2.75) is 142 Å². The van der Waals surface area contributed by atoms with Crippen LogP contribution in [0.15, 0.2) is 97.2 Å². The highest BCUT2D eigenvalue weighted by atomic mass is 31.2. The Kier molecular flexibility index (Phi) is 34.6. The summed E-state index contributed by atoms with van der Waals surface area (Å²) in [6, 6.07) is 0. The Morgan fingerprint density at radius 2 is 0.980 bits per heavy atom. The Bertz CT molecular complexity index is 1140. The average Bonchev–Trinajstić information content (AvgIpc) is 3.10. The van der Waals surface area contributed by atoms with Crippen LogP contribution in [0.2, 0.25) is 0 Å². The van der Waals surface area contributed by atoms with Gasteiger partial charge in [0.25, 0.3) is 0 Å². The van der Waals surface area contributed by atoms with Gasteiger partial charge in [-0.1, -0.05) is 143 Å². The van der Waals surface area contributed by atoms with Gasteiger partial charge in [-0.2, -0.15) is 0 Å². The largest absolute Gasteiger partial charge is 0.469 e. The Labute approximate surface area is 309 Å². The van der Waals surface area contributed by atoms with Crippen LogP contribution in [0.25, 0.3) is 0 Å². The summed E-state index contributed by atoms with van der Waals surface area (Å²) in [4.78, 5) is 42.7. The van der Waals surface area contributed by atoms with E-state index in [1.54, 1.807) is 0 Å². The second kappa shape index (κ2) is 36.8. The SMILES string of the molecule is CC/C=C\C/C=C\C/C=C\C/C=C\C/C=C\C/C=C\CCC(=O)OC[C@H](COP(=O)(O)O)OC(=O)CCCCCCC/C=C\C/C=C\CCCC. The number of rotatable bonds is 33. The summed E-state index contributed by atoms with van der Waals surface area (Å²) in [6.45, 7) is 3.42. The fourth-order valence-corrected chi connectivity index (χ4v) is 4.89. The molecule has 288 valence electrons. The number of hydrogen-bond acceptors (Lipinski definition) is 6. The molecule has 0 aliphatic carbocycles. The normalized spacial score (nSPS) is 13.6. The van der Waals surface area contributed by atoms with Crippen LogP contribution in [0.5, 0.6) is 0 Å². The van der Waals surface area contributed by atoms with Gasteiger partial charge < -0.3 is 19.3 Å². The summed E-state index contributed by atoms with van der Waals surface area (Å²) >= 11 is 0. The molecule has 0 unspecified atom stereocenters. The maximum atomic E-state index is 12.4. The van der Waals surface area contributed by atoms with E-state index in [2.05, 4.69) is 103 Å². The predicted octanol–water partition coefficient (Wildman–Crippen LogP) is 11.5. The molecule has 0 aromatic carbocycles. The van der Waals surface area contributed by atoms with Crippen LogP contribution in [0.4, 0.5) is 0 Å². The van der Waals surface area contributed by atoms with Crippen LogP contribution in [0.3, 0.4) is 0 Å². The maximum absolute atomic E-state index is 12.4. The number of carbonyl (C=O) groups excluding carboxylic acids is 2. The highest BCUT2D eigenvalue weighted by molar-refractivity contribution is 7.46. The molecular formula is C42H67O8P. The molecule has 0 rings (SSSR count). The average molecular weight is 731 g/mol. The molecule has 51 heavy (non-hydrogen) atoms. The van der Waals surface area contributed by atoms with E-state index in [9.17, 15) is 14.2 Å². The van der Waals surface area contributed by atoms with E-state index in [-0.39, 0.29) is 19.4 Å². The molecule has 0 saturated carbocycles. The van der Waals surface area contributed by atoms with Crippen molar-refractivity contribution in [1.82, 2.24) is 0 Å². The van der Waals surface area contributed by atoms with E-state index in [1.165, 1.54) is 12.8 Å². The summed E-state index contributed by atoms with van der Waals surface area (Å²) in [5, 5.41) is 0. The molecule has 0 saturated heterocycles. The summed E-state index contributed by atoms with van der Waals surface area (Å²) in [5.74, 6) is -1.01. The van der Waals surface area contributed by atoms with Crippen LogP contribution >= 0.6 is 7.82 Å². The standard InChI is InChI=1S/C42H67O8P/c1-3-5-7-9-11-13-15-17-19-20-21-22-23-25-26-28-30-32-34-36-41(43)48-38-40(39-49-51(45,46)47)50-42(44)37-35-33-31-29-27-24-18-16-14-12-10-8-6-4-2/h5,7,10-13,16-19,21-22,25-26,30,32,40H,3-4,6,8-9,14-15,20,23-24,27-29,31,33-39H2,1-2H3,(H2,45,46,47)/b7-5-,12-10-,13-11-,18-16-,19-17-,22-21-,26-25-,32-30-/t40-/m1/s1. The number of allylic oxidation sites excluding steroid dienone is 16. The first-order valence-electron chi connectivity index (χ1n) is 19.0. The van der Waals surface area contributed by atoms with Crippen molar-refractivity contribution in [2.75, 3.05) is 13.2 Å². The molecule has 0 bridgehead atoms. The molecule has 0 aliphatic rings. The van der Waals surface area contributed by atoms with Crippen molar-refractivity contribution >= 4 is 19.8 Å². The van der Waals surface area contributed by atoms with Gasteiger partial charge >= 0.3 is 19.8 Å². The molecule has 0 amide bonds. The van der Waals surface area contributed by atoms with Gasteiger partial charge in [-0.25, -0.2) is 4.57 Å². The number of unbranched alkanes of at least 4 members (excludes halogenated alkanes) is 7. The Balaban J connectivity index is 4.15. The molecule has 1 atom stereocenters. The van der Waals surface area contributed by atoms with E-state index in [0.29, 0.717) is 12.8 Å². The molecule has 0 aliphatic heterocycles. The van der Waals surface area contributed by atoms with Crippen LogP contribution in [0, 0.1) is 0 Å². The van der Waals surface area contributed by atoms with Gasteiger partial charge in [0, 0.05) is 12.8 Å². The van der Waals surface area contributed by atoms with E-state index in [1.807, 2.05) is 12.2 Å². The number of hydrogen-bond donors (Lipinski definition) is 2. The van der Waals surface area contributed by atoms with Crippen molar-refractivity contribution in [1.29, 1.82) is 0 Å². The summed E-state index contributed by atoms with van der Waals surface area (Å²) < 4.78 is 26.2. The zero-order chi connectivity index (χ0) is 37.5. The molecule has 2 N–H and O–H groups in total. The first kappa shape index (κ1) is 48.0. The second-order valence-electron chi connectivity index (χ2n) is 12.2. The van der Waals surface area contributed by atoms with Crippen molar-refractivity contribution < 1.29 is 37.9 Å². The third-order valence-electron chi connectivity index (χ3n) is 7.35. The van der Waals surface area contributed by atoms with E-state index in [0.717, 1.165) is 83.5 Å². The molecule has 0 aromatic rings. The Hall–Kier alpha value is -3.03. The minimum Gasteiger partial charge on any atom is -0.462 e. The van der Waals surface area contributed by atoms with Crippen LogP contribution in [-0.4, -0.2) is 41.0 Å². The predicted molar refractivity (Wildman–Crippen MR) is 211 cm³/mol.